The molecule has 0 saturated heterocycles. The number of aliphatic hydroxyl groups is 1. The number of nitrogens with zero attached hydrogens (tertiary/aromatic N) is 2. The monoisotopic (exact) mass is 309 g/mol. The number of nitrogens with one attached hydrogen (secondary N) is 1. The third-order valence-electron chi connectivity index (χ3n) is 4.34. The van der Waals surface area contributed by atoms with Gasteiger partial charge >= 0.3 is 0 Å². The Bertz CT molecular complexity index is 502. The summed E-state index contributed by atoms with van der Waals surface area (Å²) in [7, 11) is 0. The van der Waals surface area contributed by atoms with Crippen molar-refractivity contribution in [3.63, 3.8) is 0 Å². The van der Waals surface area contributed by atoms with E-state index < -0.39 is 5.60 Å². The Morgan fingerprint density at radius 3 is 2.41 bits per heavy atom. The van der Waals surface area contributed by atoms with Crippen molar-refractivity contribution < 1.29 is 9.90 Å². The van der Waals surface area contributed by atoms with Gasteiger partial charge in [-0.1, -0.05) is 27.7 Å². The first kappa shape index (κ1) is 18.7. The fraction of sp³-hybridized carbons (Fsp3) is 0.765. The maximum Gasteiger partial charge on any atom is 0.224 e. The van der Waals surface area contributed by atoms with Crippen LogP contribution >= 0.6 is 0 Å². The number of aryl methyl sites for hydroxylation is 1. The normalized spacial score (nSPS) is 12.0. The van der Waals surface area contributed by atoms with E-state index in [1.54, 1.807) is 0 Å². The van der Waals surface area contributed by atoms with Crippen molar-refractivity contribution in [3.05, 3.63) is 17.0 Å². The van der Waals surface area contributed by atoms with E-state index in [9.17, 15) is 9.90 Å². The van der Waals surface area contributed by atoms with Gasteiger partial charge < -0.3 is 10.4 Å². The predicted octanol–water partition coefficient (Wildman–Crippen LogP) is 2.37. The number of rotatable bonds is 8. The molecule has 0 fully saturated rings. The smallest absolute Gasteiger partial charge is 0.224 e. The summed E-state index contributed by atoms with van der Waals surface area (Å²) in [5.74, 6) is 0.458. The van der Waals surface area contributed by atoms with Gasteiger partial charge in [-0.25, -0.2) is 0 Å². The van der Waals surface area contributed by atoms with E-state index in [4.69, 9.17) is 0 Å². The Kier molecular flexibility index (Phi) is 6.60. The van der Waals surface area contributed by atoms with Crippen LogP contribution in [0.25, 0.3) is 0 Å². The van der Waals surface area contributed by atoms with E-state index >= 15 is 0 Å². The maximum atomic E-state index is 12.2. The van der Waals surface area contributed by atoms with Crippen molar-refractivity contribution in [2.24, 2.45) is 5.92 Å². The SMILES string of the molecule is CCC(O)(CC)CNC(=O)Cc1c(C)nn(CC(C)C)c1C. The van der Waals surface area contributed by atoms with Crippen LogP contribution in [0.3, 0.4) is 0 Å². The Morgan fingerprint density at radius 2 is 1.91 bits per heavy atom. The highest BCUT2D eigenvalue weighted by atomic mass is 16.3. The van der Waals surface area contributed by atoms with E-state index in [-0.39, 0.29) is 5.91 Å². The molecule has 2 N–H and O–H groups in total. The highest BCUT2D eigenvalue weighted by Crippen LogP contribution is 2.16. The van der Waals surface area contributed by atoms with Crippen LogP contribution in [0.15, 0.2) is 0 Å². The summed E-state index contributed by atoms with van der Waals surface area (Å²) in [5, 5.41) is 17.6. The average Bonchev–Trinajstić information content (AvgIpc) is 2.71. The summed E-state index contributed by atoms with van der Waals surface area (Å²) >= 11 is 0. The molecule has 0 saturated carbocycles. The number of hydrogen-bond donors (Lipinski definition) is 2. The van der Waals surface area contributed by atoms with E-state index in [0.717, 1.165) is 23.5 Å². The van der Waals surface area contributed by atoms with E-state index in [2.05, 4.69) is 24.3 Å². The van der Waals surface area contributed by atoms with Crippen molar-refractivity contribution in [2.75, 3.05) is 6.54 Å². The van der Waals surface area contributed by atoms with Gasteiger partial charge in [-0.3, -0.25) is 9.48 Å². The molecule has 0 unspecified atom stereocenters. The number of carbonyl (C=O) groups excluding carboxylic acids is 1. The molecule has 1 aromatic heterocycles. The molecule has 0 aliphatic carbocycles. The van der Waals surface area contributed by atoms with Gasteiger partial charge in [0, 0.05) is 24.3 Å². The molecule has 5 nitrogen and oxygen atoms in total. The van der Waals surface area contributed by atoms with E-state index in [0.29, 0.717) is 31.7 Å². The molecule has 0 radical (unpaired) electrons. The minimum Gasteiger partial charge on any atom is -0.388 e. The second-order valence-corrected chi connectivity index (χ2v) is 6.61. The number of carbonyl (C=O) groups is 1. The van der Waals surface area contributed by atoms with Crippen LogP contribution in [0.2, 0.25) is 0 Å². The fourth-order valence-corrected chi connectivity index (χ4v) is 2.50. The van der Waals surface area contributed by atoms with Crippen LogP contribution in [-0.2, 0) is 17.8 Å². The average molecular weight is 309 g/mol. The summed E-state index contributed by atoms with van der Waals surface area (Å²) in [4.78, 5) is 12.2. The van der Waals surface area contributed by atoms with Crippen LogP contribution in [0.5, 0.6) is 0 Å². The van der Waals surface area contributed by atoms with Crippen LogP contribution < -0.4 is 5.32 Å². The quantitative estimate of drug-likeness (QED) is 0.774. The third kappa shape index (κ3) is 4.83. The minimum atomic E-state index is -0.804. The zero-order valence-corrected chi connectivity index (χ0v) is 14.9. The Hall–Kier alpha value is -1.36. The van der Waals surface area contributed by atoms with Gasteiger partial charge in [0.05, 0.1) is 17.7 Å². The predicted molar refractivity (Wildman–Crippen MR) is 88.8 cm³/mol. The summed E-state index contributed by atoms with van der Waals surface area (Å²) in [6.45, 7) is 13.3. The maximum absolute atomic E-state index is 12.2. The molecule has 1 amide bonds. The van der Waals surface area contributed by atoms with Crippen molar-refractivity contribution in [3.8, 4) is 0 Å². The molecule has 0 atom stereocenters. The summed E-state index contributed by atoms with van der Waals surface area (Å²) in [6.07, 6.45) is 1.58. The molecule has 1 aromatic rings. The number of hydrogen-bond acceptors (Lipinski definition) is 3. The molecule has 0 aliphatic rings. The Morgan fingerprint density at radius 1 is 1.32 bits per heavy atom. The molecule has 0 aromatic carbocycles. The molecule has 1 heterocycles. The van der Waals surface area contributed by atoms with Crippen LogP contribution in [-0.4, -0.2) is 32.9 Å². The van der Waals surface area contributed by atoms with Crippen molar-refractivity contribution in [2.45, 2.75) is 73.0 Å². The molecule has 0 bridgehead atoms. The van der Waals surface area contributed by atoms with Crippen LogP contribution in [0.4, 0.5) is 0 Å². The molecule has 5 heteroatoms. The largest absolute Gasteiger partial charge is 0.388 e. The van der Waals surface area contributed by atoms with E-state index in [1.807, 2.05) is 32.4 Å². The Labute approximate surface area is 134 Å². The first-order chi connectivity index (χ1) is 10.2. The first-order valence-corrected chi connectivity index (χ1v) is 8.24. The van der Waals surface area contributed by atoms with Crippen LogP contribution in [0, 0.1) is 19.8 Å². The molecular weight excluding hydrogens is 278 g/mol. The van der Waals surface area contributed by atoms with Crippen molar-refractivity contribution in [1.82, 2.24) is 15.1 Å². The molecular formula is C17H31N3O2. The lowest BCUT2D eigenvalue weighted by atomic mass is 9.97. The zero-order valence-electron chi connectivity index (χ0n) is 14.9. The third-order valence-corrected chi connectivity index (χ3v) is 4.34. The molecule has 126 valence electrons. The topological polar surface area (TPSA) is 67.2 Å². The number of aromatic nitrogens is 2. The number of amides is 1. The van der Waals surface area contributed by atoms with Gasteiger partial charge in [0.2, 0.25) is 5.91 Å². The van der Waals surface area contributed by atoms with Gasteiger partial charge in [0.25, 0.3) is 0 Å². The van der Waals surface area contributed by atoms with Gasteiger partial charge in [-0.15, -0.1) is 0 Å². The second-order valence-electron chi connectivity index (χ2n) is 6.61. The fourth-order valence-electron chi connectivity index (χ4n) is 2.50. The standard InChI is InChI=1S/C17H31N3O2/c1-7-17(22,8-2)11-18-16(21)9-15-13(5)19-20(14(15)6)10-12(3)4/h12,22H,7-11H2,1-6H3,(H,18,21). The Balaban J connectivity index is 2.71. The minimum absolute atomic E-state index is 0.0596. The molecule has 0 aliphatic heterocycles. The molecule has 22 heavy (non-hydrogen) atoms. The van der Waals surface area contributed by atoms with Crippen LogP contribution in [0.1, 0.15) is 57.5 Å². The molecule has 0 spiro atoms. The molecule has 1 rings (SSSR count). The summed E-state index contributed by atoms with van der Waals surface area (Å²) in [6, 6.07) is 0. The van der Waals surface area contributed by atoms with Crippen molar-refractivity contribution >= 4 is 5.91 Å². The lowest BCUT2D eigenvalue weighted by Crippen LogP contribution is -2.42. The first-order valence-electron chi connectivity index (χ1n) is 8.24. The van der Waals surface area contributed by atoms with Crippen molar-refractivity contribution in [1.29, 1.82) is 0 Å². The highest BCUT2D eigenvalue weighted by Gasteiger charge is 2.23. The highest BCUT2D eigenvalue weighted by molar-refractivity contribution is 5.79. The lowest BCUT2D eigenvalue weighted by Gasteiger charge is -2.25. The van der Waals surface area contributed by atoms with Gasteiger partial charge in [0.1, 0.15) is 0 Å². The zero-order chi connectivity index (χ0) is 16.9. The van der Waals surface area contributed by atoms with Gasteiger partial charge in [0.15, 0.2) is 0 Å². The summed E-state index contributed by atoms with van der Waals surface area (Å²) in [5.41, 5.74) is 2.16. The van der Waals surface area contributed by atoms with Gasteiger partial charge in [-0.2, -0.15) is 5.10 Å². The summed E-state index contributed by atoms with van der Waals surface area (Å²) < 4.78 is 1.98. The second kappa shape index (κ2) is 7.77. The van der Waals surface area contributed by atoms with Gasteiger partial charge in [-0.05, 0) is 32.6 Å². The lowest BCUT2D eigenvalue weighted by molar-refractivity contribution is -0.121. The van der Waals surface area contributed by atoms with E-state index in [1.165, 1.54) is 0 Å².